The van der Waals surface area contributed by atoms with E-state index in [2.05, 4.69) is 0 Å². The van der Waals surface area contributed by atoms with Gasteiger partial charge in [-0.05, 0) is 12.0 Å². The van der Waals surface area contributed by atoms with E-state index in [4.69, 9.17) is 5.73 Å². The number of likely N-dealkylation sites (tertiary alicyclic amines) is 2. The second-order valence-corrected chi connectivity index (χ2v) is 7.22. The minimum absolute atomic E-state index is 0.0163. The molecule has 27 heavy (non-hydrogen) atoms. The molecule has 3 rings (SSSR count). The van der Waals surface area contributed by atoms with Crippen LogP contribution in [0.2, 0.25) is 0 Å². The first kappa shape index (κ1) is 19.2. The highest BCUT2D eigenvalue weighted by Gasteiger charge is 2.39. The molecule has 1 aromatic carbocycles. The van der Waals surface area contributed by atoms with Gasteiger partial charge in [-0.2, -0.15) is 0 Å². The van der Waals surface area contributed by atoms with Crippen LogP contribution >= 0.6 is 0 Å². The molecular weight excluding hydrogens is 346 g/mol. The fourth-order valence-electron chi connectivity index (χ4n) is 3.83. The number of benzene rings is 1. The molecule has 0 spiro atoms. The van der Waals surface area contributed by atoms with E-state index in [0.717, 1.165) is 5.56 Å². The minimum atomic E-state index is -0.886. The van der Waals surface area contributed by atoms with Crippen molar-refractivity contribution in [3.05, 3.63) is 35.9 Å². The van der Waals surface area contributed by atoms with Crippen LogP contribution in [0.3, 0.4) is 0 Å². The van der Waals surface area contributed by atoms with E-state index in [1.807, 2.05) is 35.2 Å². The SMILES string of the molecule is NC(=O)C1CC(=O)CCN1C(=O)C(Cc1ccccc1)N1CCC(=O)CC1. The molecule has 2 saturated heterocycles. The number of nitrogens with two attached hydrogens (primary N) is 1. The number of hydrogen-bond acceptors (Lipinski definition) is 5. The molecule has 0 radical (unpaired) electrons. The van der Waals surface area contributed by atoms with Crippen LogP contribution in [0.15, 0.2) is 30.3 Å². The number of amides is 2. The molecule has 0 aromatic heterocycles. The standard InChI is InChI=1S/C20H25N3O4/c21-19(26)17-13-16(25)8-11-23(17)20(27)18(12-14-4-2-1-3-5-14)22-9-6-15(24)7-10-22/h1-5,17-18H,6-13H2,(H2,21,26). The number of primary amides is 1. The third-order valence-corrected chi connectivity index (χ3v) is 5.39. The molecule has 144 valence electrons. The van der Waals surface area contributed by atoms with E-state index >= 15 is 0 Å². The second kappa shape index (κ2) is 8.43. The number of nitrogens with zero attached hydrogens (tertiary/aromatic N) is 2. The molecule has 0 bridgehead atoms. The number of hydrogen-bond donors (Lipinski definition) is 1. The summed E-state index contributed by atoms with van der Waals surface area (Å²) in [6.45, 7) is 1.26. The average molecular weight is 371 g/mol. The van der Waals surface area contributed by atoms with Crippen molar-refractivity contribution >= 4 is 23.4 Å². The Morgan fingerprint density at radius 3 is 2.26 bits per heavy atom. The van der Waals surface area contributed by atoms with Crippen molar-refractivity contribution in [2.24, 2.45) is 5.73 Å². The molecule has 2 heterocycles. The van der Waals surface area contributed by atoms with E-state index in [1.165, 1.54) is 4.90 Å². The smallest absolute Gasteiger partial charge is 0.240 e. The molecule has 7 heteroatoms. The Hall–Kier alpha value is -2.54. The van der Waals surface area contributed by atoms with Crippen molar-refractivity contribution in [3.8, 4) is 0 Å². The third-order valence-electron chi connectivity index (χ3n) is 5.39. The topological polar surface area (TPSA) is 101 Å². The van der Waals surface area contributed by atoms with E-state index in [9.17, 15) is 19.2 Å². The van der Waals surface area contributed by atoms with Crippen molar-refractivity contribution in [3.63, 3.8) is 0 Å². The molecule has 2 unspecified atom stereocenters. The van der Waals surface area contributed by atoms with Gasteiger partial charge in [-0.15, -0.1) is 0 Å². The highest BCUT2D eigenvalue weighted by Crippen LogP contribution is 2.21. The zero-order valence-corrected chi connectivity index (χ0v) is 15.3. The fraction of sp³-hybridized carbons (Fsp3) is 0.500. The van der Waals surface area contributed by atoms with Gasteiger partial charge in [-0.3, -0.25) is 24.1 Å². The van der Waals surface area contributed by atoms with Gasteiger partial charge in [0.1, 0.15) is 17.6 Å². The predicted octanol–water partition coefficient (Wildman–Crippen LogP) is 0.308. The monoisotopic (exact) mass is 371 g/mol. The van der Waals surface area contributed by atoms with Gasteiger partial charge in [0.25, 0.3) is 0 Å². The average Bonchev–Trinajstić information content (AvgIpc) is 2.67. The van der Waals surface area contributed by atoms with Crippen LogP contribution < -0.4 is 5.73 Å². The number of ketones is 2. The molecule has 2 aliphatic heterocycles. The Morgan fingerprint density at radius 2 is 1.63 bits per heavy atom. The Balaban J connectivity index is 1.84. The minimum Gasteiger partial charge on any atom is -0.368 e. The summed E-state index contributed by atoms with van der Waals surface area (Å²) in [4.78, 5) is 52.1. The summed E-state index contributed by atoms with van der Waals surface area (Å²) in [5.41, 5.74) is 6.47. The van der Waals surface area contributed by atoms with Crippen LogP contribution in [0.1, 0.15) is 31.2 Å². The van der Waals surface area contributed by atoms with Crippen LogP contribution in [0.5, 0.6) is 0 Å². The number of carbonyl (C=O) groups excluding carboxylic acids is 4. The molecule has 2 amide bonds. The van der Waals surface area contributed by atoms with E-state index in [-0.39, 0.29) is 36.9 Å². The first-order chi connectivity index (χ1) is 13.0. The Labute approximate surface area is 158 Å². The van der Waals surface area contributed by atoms with Gasteiger partial charge >= 0.3 is 0 Å². The van der Waals surface area contributed by atoms with Crippen molar-refractivity contribution < 1.29 is 19.2 Å². The van der Waals surface area contributed by atoms with Crippen molar-refractivity contribution in [1.29, 1.82) is 0 Å². The van der Waals surface area contributed by atoms with Gasteiger partial charge in [0.2, 0.25) is 11.8 Å². The van der Waals surface area contributed by atoms with Crippen molar-refractivity contribution in [1.82, 2.24) is 9.80 Å². The Kier molecular flexibility index (Phi) is 6.01. The predicted molar refractivity (Wildman–Crippen MR) is 98.7 cm³/mol. The highest BCUT2D eigenvalue weighted by molar-refractivity contribution is 5.95. The van der Waals surface area contributed by atoms with Gasteiger partial charge in [0.05, 0.1) is 6.04 Å². The van der Waals surface area contributed by atoms with Crippen LogP contribution in [-0.4, -0.2) is 64.9 Å². The first-order valence-corrected chi connectivity index (χ1v) is 9.37. The second-order valence-electron chi connectivity index (χ2n) is 7.22. The Morgan fingerprint density at radius 1 is 1.00 bits per heavy atom. The van der Waals surface area contributed by atoms with Gasteiger partial charge in [0, 0.05) is 45.3 Å². The molecule has 0 saturated carbocycles. The summed E-state index contributed by atoms with van der Waals surface area (Å²) in [7, 11) is 0. The number of Topliss-reactive ketones (excluding diaryl/α,β-unsaturated/α-hetero) is 2. The van der Waals surface area contributed by atoms with Crippen LogP contribution in [0, 0.1) is 0 Å². The lowest BCUT2D eigenvalue weighted by molar-refractivity contribution is -0.148. The molecular formula is C20H25N3O4. The van der Waals surface area contributed by atoms with Gasteiger partial charge < -0.3 is 10.6 Å². The van der Waals surface area contributed by atoms with Gasteiger partial charge in [0.15, 0.2) is 0 Å². The summed E-state index contributed by atoms with van der Waals surface area (Å²) in [6, 6.07) is 8.31. The van der Waals surface area contributed by atoms with Crippen molar-refractivity contribution in [2.45, 2.75) is 44.2 Å². The van der Waals surface area contributed by atoms with Crippen LogP contribution in [-0.2, 0) is 25.6 Å². The molecule has 0 aliphatic carbocycles. The summed E-state index contributed by atoms with van der Waals surface area (Å²) in [6.07, 6.45) is 1.57. The largest absolute Gasteiger partial charge is 0.368 e. The lowest BCUT2D eigenvalue weighted by Crippen LogP contribution is -2.59. The normalized spacial score (nSPS) is 22.5. The summed E-state index contributed by atoms with van der Waals surface area (Å²) < 4.78 is 0. The third kappa shape index (κ3) is 4.60. The number of carbonyl (C=O) groups is 4. The molecule has 2 fully saturated rings. The molecule has 2 aliphatic rings. The summed E-state index contributed by atoms with van der Waals surface area (Å²) in [5.74, 6) is -0.685. The zero-order valence-electron chi connectivity index (χ0n) is 15.3. The molecule has 2 atom stereocenters. The highest BCUT2D eigenvalue weighted by atomic mass is 16.2. The van der Waals surface area contributed by atoms with E-state index in [1.54, 1.807) is 0 Å². The van der Waals surface area contributed by atoms with Crippen LogP contribution in [0.4, 0.5) is 0 Å². The quantitative estimate of drug-likeness (QED) is 0.803. The van der Waals surface area contributed by atoms with Gasteiger partial charge in [-0.25, -0.2) is 0 Å². The Bertz CT molecular complexity index is 724. The van der Waals surface area contributed by atoms with Gasteiger partial charge in [-0.1, -0.05) is 30.3 Å². The number of rotatable bonds is 5. The van der Waals surface area contributed by atoms with Crippen molar-refractivity contribution in [2.75, 3.05) is 19.6 Å². The molecule has 1 aromatic rings. The molecule has 7 nitrogen and oxygen atoms in total. The van der Waals surface area contributed by atoms with E-state index in [0.29, 0.717) is 32.4 Å². The van der Waals surface area contributed by atoms with Crippen LogP contribution in [0.25, 0.3) is 0 Å². The van der Waals surface area contributed by atoms with E-state index < -0.39 is 18.0 Å². The lowest BCUT2D eigenvalue weighted by Gasteiger charge is -2.40. The molecule has 2 N–H and O–H groups in total. The maximum absolute atomic E-state index is 13.4. The summed E-state index contributed by atoms with van der Waals surface area (Å²) >= 11 is 0. The maximum Gasteiger partial charge on any atom is 0.240 e. The fourth-order valence-corrected chi connectivity index (χ4v) is 3.83. The number of piperidine rings is 2. The lowest BCUT2D eigenvalue weighted by atomic mass is 9.95. The first-order valence-electron chi connectivity index (χ1n) is 9.37. The summed E-state index contributed by atoms with van der Waals surface area (Å²) in [5, 5.41) is 0. The maximum atomic E-state index is 13.4. The zero-order chi connectivity index (χ0) is 19.4.